The van der Waals surface area contributed by atoms with Gasteiger partial charge in [0.25, 0.3) is 0 Å². The van der Waals surface area contributed by atoms with Crippen LogP contribution in [0.15, 0.2) is 60.7 Å². The van der Waals surface area contributed by atoms with E-state index in [1.807, 2.05) is 0 Å². The van der Waals surface area contributed by atoms with E-state index in [4.69, 9.17) is 0 Å². The van der Waals surface area contributed by atoms with Crippen molar-refractivity contribution in [1.29, 1.82) is 0 Å². The summed E-state index contributed by atoms with van der Waals surface area (Å²) >= 11 is 0. The van der Waals surface area contributed by atoms with Crippen LogP contribution in [0, 0.1) is 11.8 Å². The number of nitrogens with zero attached hydrogens (tertiary/aromatic N) is 2. The van der Waals surface area contributed by atoms with E-state index in [9.17, 15) is 4.79 Å². The quantitative estimate of drug-likeness (QED) is 0.853. The molecule has 1 heterocycles. The summed E-state index contributed by atoms with van der Waals surface area (Å²) in [5, 5.41) is 0. The minimum absolute atomic E-state index is 0.263. The summed E-state index contributed by atoms with van der Waals surface area (Å²) < 4.78 is 0. The van der Waals surface area contributed by atoms with Crippen LogP contribution in [0.25, 0.3) is 0 Å². The van der Waals surface area contributed by atoms with Crippen molar-refractivity contribution in [3.8, 4) is 0 Å². The zero-order valence-electron chi connectivity index (χ0n) is 14.8. The predicted octanol–water partition coefficient (Wildman–Crippen LogP) is 3.58. The number of hydrogen-bond donors (Lipinski definition) is 0. The molecule has 2 fully saturated rings. The number of piperazine rings is 1. The summed E-state index contributed by atoms with van der Waals surface area (Å²) in [4.78, 5) is 17.1. The van der Waals surface area contributed by atoms with Crippen molar-refractivity contribution in [2.45, 2.75) is 19.4 Å². The molecule has 130 valence electrons. The van der Waals surface area contributed by atoms with Crippen LogP contribution in [0.1, 0.15) is 30.5 Å². The Bertz CT molecular complexity index is 668. The third-order valence-corrected chi connectivity index (χ3v) is 5.65. The molecule has 2 aromatic rings. The second-order valence-corrected chi connectivity index (χ2v) is 7.40. The molecular weight excluding hydrogens is 308 g/mol. The monoisotopic (exact) mass is 334 g/mol. The van der Waals surface area contributed by atoms with Crippen molar-refractivity contribution >= 4 is 5.91 Å². The Morgan fingerprint density at radius 3 is 1.80 bits per heavy atom. The molecule has 1 amide bonds. The summed E-state index contributed by atoms with van der Waals surface area (Å²) in [6, 6.07) is 21.7. The molecule has 0 radical (unpaired) electrons. The molecule has 3 nitrogen and oxygen atoms in total. The van der Waals surface area contributed by atoms with Crippen molar-refractivity contribution in [2.75, 3.05) is 26.2 Å². The molecule has 0 bridgehead atoms. The molecule has 25 heavy (non-hydrogen) atoms. The SMILES string of the molecule is C[C@@H]1C[C@@H]1C(=O)N1CCN(C(c2ccccc2)c2ccccc2)CC1. The lowest BCUT2D eigenvalue weighted by molar-refractivity contribution is -0.134. The predicted molar refractivity (Wildman–Crippen MR) is 100 cm³/mol. The van der Waals surface area contributed by atoms with Gasteiger partial charge in [0.05, 0.1) is 6.04 Å². The zero-order chi connectivity index (χ0) is 17.2. The van der Waals surface area contributed by atoms with Gasteiger partial charge in [-0.2, -0.15) is 0 Å². The van der Waals surface area contributed by atoms with E-state index in [0.29, 0.717) is 17.7 Å². The fourth-order valence-electron chi connectivity index (χ4n) is 3.99. The van der Waals surface area contributed by atoms with Gasteiger partial charge in [-0.3, -0.25) is 9.69 Å². The van der Waals surface area contributed by atoms with Crippen molar-refractivity contribution in [2.24, 2.45) is 11.8 Å². The van der Waals surface area contributed by atoms with Crippen LogP contribution in [-0.4, -0.2) is 41.9 Å². The van der Waals surface area contributed by atoms with E-state index in [1.165, 1.54) is 11.1 Å². The fraction of sp³-hybridized carbons (Fsp3) is 0.409. The maximum atomic E-state index is 12.5. The second kappa shape index (κ2) is 7.01. The number of rotatable bonds is 4. The lowest BCUT2D eigenvalue weighted by atomic mass is 9.96. The Labute approximate surface area is 150 Å². The van der Waals surface area contributed by atoms with Crippen LogP contribution in [0.4, 0.5) is 0 Å². The van der Waals surface area contributed by atoms with Gasteiger partial charge in [0, 0.05) is 32.1 Å². The molecular formula is C22H26N2O. The molecule has 0 spiro atoms. The Balaban J connectivity index is 1.50. The molecule has 0 unspecified atom stereocenters. The first-order chi connectivity index (χ1) is 12.2. The van der Waals surface area contributed by atoms with Gasteiger partial charge in [-0.15, -0.1) is 0 Å². The van der Waals surface area contributed by atoms with Crippen molar-refractivity contribution in [3.05, 3.63) is 71.8 Å². The van der Waals surface area contributed by atoms with E-state index < -0.39 is 0 Å². The molecule has 1 aliphatic carbocycles. The first-order valence-corrected chi connectivity index (χ1v) is 9.37. The average Bonchev–Trinajstić information content (AvgIpc) is 3.40. The number of carbonyl (C=O) groups is 1. The lowest BCUT2D eigenvalue weighted by Gasteiger charge is -2.40. The summed E-state index contributed by atoms with van der Waals surface area (Å²) in [6.07, 6.45) is 1.08. The minimum Gasteiger partial charge on any atom is -0.340 e. The topological polar surface area (TPSA) is 23.6 Å². The average molecular weight is 334 g/mol. The molecule has 2 aliphatic rings. The van der Waals surface area contributed by atoms with Gasteiger partial charge in [0.15, 0.2) is 0 Å². The molecule has 2 aromatic carbocycles. The highest BCUT2D eigenvalue weighted by Gasteiger charge is 2.42. The van der Waals surface area contributed by atoms with Crippen molar-refractivity contribution in [3.63, 3.8) is 0 Å². The summed E-state index contributed by atoms with van der Waals surface area (Å²) in [5.41, 5.74) is 2.65. The van der Waals surface area contributed by atoms with Gasteiger partial charge >= 0.3 is 0 Å². The van der Waals surface area contributed by atoms with E-state index >= 15 is 0 Å². The molecule has 0 N–H and O–H groups in total. The number of amides is 1. The van der Waals surface area contributed by atoms with Gasteiger partial charge in [-0.25, -0.2) is 0 Å². The molecule has 3 heteroatoms. The molecule has 1 saturated carbocycles. The van der Waals surface area contributed by atoms with E-state index in [2.05, 4.69) is 77.4 Å². The first kappa shape index (κ1) is 16.3. The van der Waals surface area contributed by atoms with Crippen LogP contribution in [0.2, 0.25) is 0 Å². The maximum Gasteiger partial charge on any atom is 0.226 e. The highest BCUT2D eigenvalue weighted by Crippen LogP contribution is 2.39. The van der Waals surface area contributed by atoms with Gasteiger partial charge in [-0.05, 0) is 23.5 Å². The third-order valence-electron chi connectivity index (χ3n) is 5.65. The van der Waals surface area contributed by atoms with Crippen molar-refractivity contribution < 1.29 is 4.79 Å². The lowest BCUT2D eigenvalue weighted by Crippen LogP contribution is -2.50. The van der Waals surface area contributed by atoms with E-state index in [0.717, 1.165) is 32.6 Å². The second-order valence-electron chi connectivity index (χ2n) is 7.40. The number of carbonyl (C=O) groups excluding carboxylic acids is 1. The Morgan fingerprint density at radius 2 is 1.36 bits per heavy atom. The first-order valence-electron chi connectivity index (χ1n) is 9.37. The van der Waals surface area contributed by atoms with Crippen LogP contribution in [0.5, 0.6) is 0 Å². The summed E-state index contributed by atoms with van der Waals surface area (Å²) in [5.74, 6) is 1.26. The molecule has 2 atom stereocenters. The van der Waals surface area contributed by atoms with Gasteiger partial charge in [-0.1, -0.05) is 67.6 Å². The van der Waals surface area contributed by atoms with Crippen LogP contribution < -0.4 is 0 Å². The highest BCUT2D eigenvalue weighted by molar-refractivity contribution is 5.81. The number of hydrogen-bond acceptors (Lipinski definition) is 2. The van der Waals surface area contributed by atoms with Gasteiger partial charge in [0.1, 0.15) is 0 Å². The normalized spacial score (nSPS) is 23.7. The largest absolute Gasteiger partial charge is 0.340 e. The van der Waals surface area contributed by atoms with Gasteiger partial charge in [0.2, 0.25) is 5.91 Å². The zero-order valence-corrected chi connectivity index (χ0v) is 14.8. The summed E-state index contributed by atoms with van der Waals surface area (Å²) in [7, 11) is 0. The Morgan fingerprint density at radius 1 is 0.880 bits per heavy atom. The van der Waals surface area contributed by atoms with Crippen LogP contribution in [-0.2, 0) is 4.79 Å². The van der Waals surface area contributed by atoms with E-state index in [-0.39, 0.29) is 6.04 Å². The highest BCUT2D eigenvalue weighted by atomic mass is 16.2. The minimum atomic E-state index is 0.263. The Hall–Kier alpha value is -2.13. The maximum absolute atomic E-state index is 12.5. The third kappa shape index (κ3) is 3.47. The summed E-state index contributed by atoms with van der Waals surface area (Å²) in [6.45, 7) is 5.73. The smallest absolute Gasteiger partial charge is 0.226 e. The molecule has 4 rings (SSSR count). The molecule has 0 aromatic heterocycles. The van der Waals surface area contributed by atoms with Gasteiger partial charge < -0.3 is 4.90 Å². The molecule has 1 saturated heterocycles. The molecule has 1 aliphatic heterocycles. The van der Waals surface area contributed by atoms with Crippen molar-refractivity contribution in [1.82, 2.24) is 9.80 Å². The number of benzene rings is 2. The standard InChI is InChI=1S/C22H26N2O/c1-17-16-20(17)22(25)24-14-12-23(13-15-24)21(18-8-4-2-5-9-18)19-10-6-3-7-11-19/h2-11,17,20-21H,12-16H2,1H3/t17-,20+/m1/s1. The van der Waals surface area contributed by atoms with Crippen LogP contribution >= 0.6 is 0 Å². The van der Waals surface area contributed by atoms with Crippen LogP contribution in [0.3, 0.4) is 0 Å². The Kier molecular flexibility index (Phi) is 4.58. The fourth-order valence-corrected chi connectivity index (χ4v) is 3.99. The van der Waals surface area contributed by atoms with E-state index in [1.54, 1.807) is 0 Å².